The lowest BCUT2D eigenvalue weighted by Gasteiger charge is -2.48. The number of amides is 2. The number of hydrogen-bond acceptors (Lipinski definition) is 8. The fourth-order valence-corrected chi connectivity index (χ4v) is 4.87. The van der Waals surface area contributed by atoms with E-state index in [1.165, 1.54) is 31.2 Å². The second-order valence-corrected chi connectivity index (χ2v) is 7.64. The summed E-state index contributed by atoms with van der Waals surface area (Å²) in [7, 11) is 0. The van der Waals surface area contributed by atoms with Crippen LogP contribution in [0.15, 0.2) is 35.4 Å². The Morgan fingerprint density at radius 2 is 1.97 bits per heavy atom. The number of nitrogens with one attached hydrogen (secondary N) is 1. The van der Waals surface area contributed by atoms with Crippen molar-refractivity contribution >= 4 is 35.1 Å². The van der Waals surface area contributed by atoms with E-state index in [2.05, 4.69) is 0 Å². The SMILES string of the molecule is CCOC(=O)C1=C(C)[C@H]2OC(=O)[C@@]1(C)[C@H]1C(=O)N(c3ccccc3[NH+]([O-])O)C(=O)[C@@H]21. The lowest BCUT2D eigenvalue weighted by molar-refractivity contribution is -0.990. The predicted octanol–water partition coefficient (Wildman–Crippen LogP) is 0.0205. The fraction of sp³-hybridized carbons (Fsp3) is 0.400. The highest BCUT2D eigenvalue weighted by atomic mass is 16.8. The number of quaternary nitrogens is 1. The molecule has 5 atom stereocenters. The van der Waals surface area contributed by atoms with Crippen molar-refractivity contribution in [1.29, 1.82) is 0 Å². The number of para-hydroxylation sites is 2. The molecule has 10 heteroatoms. The van der Waals surface area contributed by atoms with Gasteiger partial charge in [0.25, 0.3) is 0 Å². The Labute approximate surface area is 171 Å². The highest BCUT2D eigenvalue weighted by Gasteiger charge is 2.71. The van der Waals surface area contributed by atoms with E-state index < -0.39 is 52.3 Å². The molecule has 0 aromatic heterocycles. The number of hydrogen-bond donors (Lipinski definition) is 2. The smallest absolute Gasteiger partial charge is 0.335 e. The molecule has 4 aliphatic rings. The summed E-state index contributed by atoms with van der Waals surface area (Å²) in [4.78, 5) is 53.0. The summed E-state index contributed by atoms with van der Waals surface area (Å²) in [6.45, 7) is 4.66. The summed E-state index contributed by atoms with van der Waals surface area (Å²) in [6, 6.07) is 5.63. The minimum Gasteiger partial charge on any atom is -0.595 e. The number of carbonyl (C=O) groups excluding carboxylic acids is 4. The predicted molar refractivity (Wildman–Crippen MR) is 99.0 cm³/mol. The largest absolute Gasteiger partial charge is 0.595 e. The number of rotatable bonds is 4. The molecule has 1 aliphatic carbocycles. The number of ether oxygens (including phenoxy) is 2. The van der Waals surface area contributed by atoms with Crippen LogP contribution >= 0.6 is 0 Å². The molecule has 0 radical (unpaired) electrons. The summed E-state index contributed by atoms with van der Waals surface area (Å²) >= 11 is 0. The zero-order chi connectivity index (χ0) is 22.0. The summed E-state index contributed by atoms with van der Waals surface area (Å²) in [5.41, 5.74) is -1.62. The van der Waals surface area contributed by atoms with Gasteiger partial charge in [-0.1, -0.05) is 12.1 Å². The fourth-order valence-electron chi connectivity index (χ4n) is 4.87. The highest BCUT2D eigenvalue weighted by molar-refractivity contribution is 6.26. The number of benzene rings is 1. The van der Waals surface area contributed by atoms with Gasteiger partial charge in [0.05, 0.1) is 24.0 Å². The van der Waals surface area contributed by atoms with Gasteiger partial charge in [-0.05, 0) is 32.4 Å². The molecule has 158 valence electrons. The molecule has 2 saturated heterocycles. The van der Waals surface area contributed by atoms with Gasteiger partial charge in [0.15, 0.2) is 5.69 Å². The molecule has 1 aromatic carbocycles. The summed E-state index contributed by atoms with van der Waals surface area (Å²) in [6.07, 6.45) is -1.10. The molecule has 2 bridgehead atoms. The van der Waals surface area contributed by atoms with Crippen molar-refractivity contribution in [3.05, 3.63) is 40.6 Å². The molecule has 0 saturated carbocycles. The minimum atomic E-state index is -1.71. The van der Waals surface area contributed by atoms with Gasteiger partial charge in [-0.25, -0.2) is 14.9 Å². The van der Waals surface area contributed by atoms with Crippen molar-refractivity contribution in [2.75, 3.05) is 11.5 Å². The maximum absolute atomic E-state index is 13.4. The summed E-state index contributed by atoms with van der Waals surface area (Å²) < 4.78 is 10.5. The summed E-state index contributed by atoms with van der Waals surface area (Å²) in [5.74, 6) is -5.15. The van der Waals surface area contributed by atoms with E-state index in [9.17, 15) is 29.6 Å². The Morgan fingerprint density at radius 3 is 2.60 bits per heavy atom. The molecule has 1 unspecified atom stereocenters. The Balaban J connectivity index is 1.87. The molecule has 2 N–H and O–H groups in total. The average Bonchev–Trinajstić information content (AvgIpc) is 2.96. The molecule has 3 heterocycles. The van der Waals surface area contributed by atoms with Crippen LogP contribution in [0.4, 0.5) is 11.4 Å². The normalized spacial score (nSPS) is 31.0. The Hall–Kier alpha value is -3.08. The van der Waals surface area contributed by atoms with Crippen molar-refractivity contribution in [3.8, 4) is 0 Å². The average molecular weight is 416 g/mol. The molecule has 30 heavy (non-hydrogen) atoms. The van der Waals surface area contributed by atoms with Gasteiger partial charge in [0.2, 0.25) is 11.8 Å². The zero-order valence-corrected chi connectivity index (χ0v) is 16.5. The second kappa shape index (κ2) is 6.73. The first-order valence-electron chi connectivity index (χ1n) is 9.45. The van der Waals surface area contributed by atoms with E-state index in [1.54, 1.807) is 13.8 Å². The van der Waals surface area contributed by atoms with Gasteiger partial charge >= 0.3 is 11.9 Å². The number of fused-ring (bicyclic) bond motifs is 1. The number of nitrogens with zero attached hydrogens (tertiary/aromatic N) is 1. The van der Waals surface area contributed by atoms with Gasteiger partial charge in [-0.2, -0.15) is 5.23 Å². The van der Waals surface area contributed by atoms with Gasteiger partial charge in [-0.3, -0.25) is 14.4 Å². The van der Waals surface area contributed by atoms with Crippen LogP contribution in [0.1, 0.15) is 20.8 Å². The molecule has 2 amide bonds. The van der Waals surface area contributed by atoms with Crippen LogP contribution in [-0.4, -0.2) is 41.7 Å². The number of imide groups is 1. The Bertz CT molecular complexity index is 1020. The molecular formula is C20H20N2O8. The molecular weight excluding hydrogens is 396 g/mol. The monoisotopic (exact) mass is 416 g/mol. The lowest BCUT2D eigenvalue weighted by Crippen LogP contribution is -2.99. The van der Waals surface area contributed by atoms with Crippen molar-refractivity contribution in [2.45, 2.75) is 26.9 Å². The van der Waals surface area contributed by atoms with E-state index in [0.29, 0.717) is 5.57 Å². The molecule has 1 aromatic rings. The molecule has 5 rings (SSSR count). The van der Waals surface area contributed by atoms with Crippen LogP contribution in [0, 0.1) is 22.5 Å². The molecule has 2 fully saturated rings. The van der Waals surface area contributed by atoms with Gasteiger partial charge in [-0.15, -0.1) is 0 Å². The van der Waals surface area contributed by atoms with Crippen LogP contribution in [0.2, 0.25) is 0 Å². The maximum Gasteiger partial charge on any atom is 0.335 e. The Kier molecular flexibility index (Phi) is 4.53. The van der Waals surface area contributed by atoms with Crippen molar-refractivity contribution < 1.29 is 39.1 Å². The standard InChI is InChI=1S/C20H20N2O8/c1-4-29-18(25)13-9(2)15-12-14(20(13,3)19(26)30-15)17(24)21(16(12)23)10-7-5-6-8-11(10)22(27)28/h5-8,12,14-15,22,27H,4H2,1-3H3/t12-,14-,15-,20-/m1/s1. The van der Waals surface area contributed by atoms with Crippen LogP contribution in [0.5, 0.6) is 0 Å². The van der Waals surface area contributed by atoms with Crippen molar-refractivity contribution in [1.82, 2.24) is 0 Å². The second-order valence-electron chi connectivity index (χ2n) is 7.64. The van der Waals surface area contributed by atoms with E-state index >= 15 is 0 Å². The van der Waals surface area contributed by atoms with Crippen LogP contribution < -0.4 is 10.1 Å². The molecule has 3 aliphatic heterocycles. The van der Waals surface area contributed by atoms with Crippen LogP contribution in [-0.2, 0) is 28.7 Å². The van der Waals surface area contributed by atoms with Gasteiger partial charge in [0, 0.05) is 6.07 Å². The lowest BCUT2D eigenvalue weighted by atomic mass is 9.57. The number of esters is 2. The minimum absolute atomic E-state index is 0.0290. The first-order chi connectivity index (χ1) is 14.2. The van der Waals surface area contributed by atoms with E-state index in [4.69, 9.17) is 9.47 Å². The topological polar surface area (TPSA) is 138 Å². The number of anilines is 1. The highest BCUT2D eigenvalue weighted by Crippen LogP contribution is 2.58. The first-order valence-corrected chi connectivity index (χ1v) is 9.45. The summed E-state index contributed by atoms with van der Waals surface area (Å²) in [5, 5.41) is 19.8. The third-order valence-corrected chi connectivity index (χ3v) is 6.15. The van der Waals surface area contributed by atoms with Gasteiger partial charge in [0.1, 0.15) is 17.2 Å². The van der Waals surface area contributed by atoms with E-state index in [-0.39, 0.29) is 23.6 Å². The first kappa shape index (κ1) is 20.2. The third kappa shape index (κ3) is 2.41. The van der Waals surface area contributed by atoms with Crippen molar-refractivity contribution in [2.24, 2.45) is 17.3 Å². The number of carbonyl (C=O) groups is 4. The van der Waals surface area contributed by atoms with E-state index in [1.807, 2.05) is 0 Å². The Morgan fingerprint density at radius 1 is 1.30 bits per heavy atom. The van der Waals surface area contributed by atoms with Crippen LogP contribution in [0.25, 0.3) is 0 Å². The molecule has 0 spiro atoms. The van der Waals surface area contributed by atoms with Gasteiger partial charge < -0.3 is 14.7 Å². The van der Waals surface area contributed by atoms with E-state index in [0.717, 1.165) is 4.90 Å². The van der Waals surface area contributed by atoms with Crippen molar-refractivity contribution in [3.63, 3.8) is 0 Å². The zero-order valence-electron chi connectivity index (χ0n) is 16.5. The molecule has 10 nitrogen and oxygen atoms in total. The maximum atomic E-state index is 13.4. The van der Waals surface area contributed by atoms with Crippen LogP contribution in [0.3, 0.4) is 0 Å². The third-order valence-electron chi connectivity index (χ3n) is 6.15. The quantitative estimate of drug-likeness (QED) is 0.398.